The molecule has 0 saturated carbocycles. The third kappa shape index (κ3) is 1.54. The Bertz CT molecular complexity index is 321. The van der Waals surface area contributed by atoms with Gasteiger partial charge in [0.15, 0.2) is 0 Å². The molecule has 0 atom stereocenters. The monoisotopic (exact) mass is 181 g/mol. The minimum absolute atomic E-state index is 0.613. The molecule has 0 aliphatic rings. The van der Waals surface area contributed by atoms with Crippen molar-refractivity contribution in [3.05, 3.63) is 17.2 Å². The highest BCUT2D eigenvalue weighted by Gasteiger charge is 2.10. The van der Waals surface area contributed by atoms with E-state index in [1.165, 1.54) is 0 Å². The third-order valence-electron chi connectivity index (χ3n) is 2.25. The van der Waals surface area contributed by atoms with Gasteiger partial charge in [0.1, 0.15) is 11.5 Å². The van der Waals surface area contributed by atoms with Crippen molar-refractivity contribution in [3.8, 4) is 11.5 Å². The van der Waals surface area contributed by atoms with Crippen LogP contribution in [0.3, 0.4) is 0 Å². The number of hydrogen-bond donors (Lipinski definition) is 1. The number of ether oxygens (including phenoxy) is 2. The molecule has 1 aromatic carbocycles. The molecule has 3 heteroatoms. The predicted octanol–water partition coefficient (Wildman–Crippen LogP) is 1.90. The standard InChI is InChI=1S/C10H15NO2/c1-6-7(2)10(13-4)8(11)5-9(6)12-3/h5H,11H2,1-4H3. The molecule has 0 unspecified atom stereocenters. The van der Waals surface area contributed by atoms with Crippen LogP contribution in [0.25, 0.3) is 0 Å². The summed E-state index contributed by atoms with van der Waals surface area (Å²) in [6, 6.07) is 1.78. The van der Waals surface area contributed by atoms with Gasteiger partial charge in [-0.05, 0) is 25.0 Å². The molecule has 0 aromatic heterocycles. The number of methoxy groups -OCH3 is 2. The third-order valence-corrected chi connectivity index (χ3v) is 2.25. The van der Waals surface area contributed by atoms with Crippen LogP contribution in [0.15, 0.2) is 6.07 Å². The Morgan fingerprint density at radius 3 is 2.15 bits per heavy atom. The van der Waals surface area contributed by atoms with Crippen LogP contribution in [-0.2, 0) is 0 Å². The average molecular weight is 181 g/mol. The Morgan fingerprint density at radius 1 is 1.08 bits per heavy atom. The zero-order chi connectivity index (χ0) is 10.0. The molecule has 0 bridgehead atoms. The zero-order valence-electron chi connectivity index (χ0n) is 8.47. The number of hydrogen-bond acceptors (Lipinski definition) is 3. The van der Waals surface area contributed by atoms with Gasteiger partial charge >= 0.3 is 0 Å². The Kier molecular flexibility index (Phi) is 2.66. The number of nitrogens with two attached hydrogens (primary N) is 1. The zero-order valence-corrected chi connectivity index (χ0v) is 8.47. The number of nitrogen functional groups attached to an aromatic ring is 1. The van der Waals surface area contributed by atoms with Gasteiger partial charge in [-0.1, -0.05) is 0 Å². The number of rotatable bonds is 2. The van der Waals surface area contributed by atoms with E-state index < -0.39 is 0 Å². The van der Waals surface area contributed by atoms with E-state index in [0.717, 1.165) is 22.6 Å². The lowest BCUT2D eigenvalue weighted by atomic mass is 10.1. The largest absolute Gasteiger partial charge is 0.496 e. The van der Waals surface area contributed by atoms with E-state index in [9.17, 15) is 0 Å². The molecule has 0 saturated heterocycles. The average Bonchev–Trinajstić information content (AvgIpc) is 2.12. The van der Waals surface area contributed by atoms with Gasteiger partial charge in [0.05, 0.1) is 19.9 Å². The van der Waals surface area contributed by atoms with E-state index in [0.29, 0.717) is 5.69 Å². The molecule has 0 amide bonds. The molecule has 0 aliphatic heterocycles. The lowest BCUT2D eigenvalue weighted by Gasteiger charge is -2.13. The molecule has 0 fully saturated rings. The van der Waals surface area contributed by atoms with E-state index in [1.54, 1.807) is 20.3 Å². The summed E-state index contributed by atoms with van der Waals surface area (Å²) in [5, 5.41) is 0. The van der Waals surface area contributed by atoms with Gasteiger partial charge < -0.3 is 15.2 Å². The fraction of sp³-hybridized carbons (Fsp3) is 0.400. The Labute approximate surface area is 78.5 Å². The highest BCUT2D eigenvalue weighted by Crippen LogP contribution is 2.34. The van der Waals surface area contributed by atoms with Gasteiger partial charge in [-0.2, -0.15) is 0 Å². The lowest BCUT2D eigenvalue weighted by molar-refractivity contribution is 0.399. The predicted molar refractivity (Wildman–Crippen MR) is 53.4 cm³/mol. The van der Waals surface area contributed by atoms with Gasteiger partial charge in [0, 0.05) is 6.07 Å². The summed E-state index contributed by atoms with van der Waals surface area (Å²) in [6.07, 6.45) is 0. The van der Waals surface area contributed by atoms with E-state index in [-0.39, 0.29) is 0 Å². The van der Waals surface area contributed by atoms with Crippen molar-refractivity contribution in [2.24, 2.45) is 0 Å². The molecule has 3 nitrogen and oxygen atoms in total. The van der Waals surface area contributed by atoms with Crippen molar-refractivity contribution in [2.45, 2.75) is 13.8 Å². The maximum atomic E-state index is 5.77. The second-order valence-corrected chi connectivity index (χ2v) is 2.95. The quantitative estimate of drug-likeness (QED) is 0.709. The van der Waals surface area contributed by atoms with Gasteiger partial charge in [-0.15, -0.1) is 0 Å². The first-order chi connectivity index (χ1) is 6.11. The van der Waals surface area contributed by atoms with Gasteiger partial charge in [0.2, 0.25) is 0 Å². The normalized spacial score (nSPS) is 9.85. The molecule has 13 heavy (non-hydrogen) atoms. The number of benzene rings is 1. The molecule has 0 radical (unpaired) electrons. The van der Waals surface area contributed by atoms with Crippen LogP contribution in [0.4, 0.5) is 5.69 Å². The van der Waals surface area contributed by atoms with Crippen molar-refractivity contribution in [3.63, 3.8) is 0 Å². The van der Waals surface area contributed by atoms with Crippen molar-refractivity contribution in [1.29, 1.82) is 0 Å². The molecule has 1 aromatic rings. The van der Waals surface area contributed by atoms with Crippen LogP contribution in [0, 0.1) is 13.8 Å². The van der Waals surface area contributed by atoms with Crippen molar-refractivity contribution in [1.82, 2.24) is 0 Å². The van der Waals surface area contributed by atoms with E-state index in [1.807, 2.05) is 13.8 Å². The van der Waals surface area contributed by atoms with Crippen molar-refractivity contribution >= 4 is 5.69 Å². The SMILES string of the molecule is COc1cc(N)c(OC)c(C)c1C. The summed E-state index contributed by atoms with van der Waals surface area (Å²) >= 11 is 0. The lowest BCUT2D eigenvalue weighted by Crippen LogP contribution is -1.99. The molecule has 0 spiro atoms. The molecular formula is C10H15NO2. The maximum absolute atomic E-state index is 5.77. The molecule has 2 N–H and O–H groups in total. The van der Waals surface area contributed by atoms with Gasteiger partial charge in [-0.3, -0.25) is 0 Å². The van der Waals surface area contributed by atoms with Crippen LogP contribution >= 0.6 is 0 Å². The molecular weight excluding hydrogens is 166 g/mol. The van der Waals surface area contributed by atoms with Crippen LogP contribution < -0.4 is 15.2 Å². The summed E-state index contributed by atoms with van der Waals surface area (Å²) in [5.74, 6) is 1.54. The van der Waals surface area contributed by atoms with Crippen LogP contribution in [0.1, 0.15) is 11.1 Å². The minimum atomic E-state index is 0.613. The Balaban J connectivity index is 3.37. The summed E-state index contributed by atoms with van der Waals surface area (Å²) in [6.45, 7) is 3.95. The van der Waals surface area contributed by atoms with E-state index in [4.69, 9.17) is 15.2 Å². The van der Waals surface area contributed by atoms with E-state index >= 15 is 0 Å². The Morgan fingerprint density at radius 2 is 1.69 bits per heavy atom. The van der Waals surface area contributed by atoms with Crippen LogP contribution in [-0.4, -0.2) is 14.2 Å². The topological polar surface area (TPSA) is 44.5 Å². The van der Waals surface area contributed by atoms with Crippen LogP contribution in [0.2, 0.25) is 0 Å². The van der Waals surface area contributed by atoms with Gasteiger partial charge in [-0.25, -0.2) is 0 Å². The molecule has 0 aliphatic carbocycles. The second-order valence-electron chi connectivity index (χ2n) is 2.95. The minimum Gasteiger partial charge on any atom is -0.496 e. The molecule has 0 heterocycles. The van der Waals surface area contributed by atoms with Crippen molar-refractivity contribution < 1.29 is 9.47 Å². The highest BCUT2D eigenvalue weighted by molar-refractivity contribution is 5.63. The molecule has 72 valence electrons. The fourth-order valence-electron chi connectivity index (χ4n) is 1.37. The summed E-state index contributed by atoms with van der Waals surface area (Å²) in [7, 11) is 3.25. The van der Waals surface area contributed by atoms with Crippen LogP contribution in [0.5, 0.6) is 11.5 Å². The highest BCUT2D eigenvalue weighted by atomic mass is 16.5. The van der Waals surface area contributed by atoms with E-state index in [2.05, 4.69) is 0 Å². The maximum Gasteiger partial charge on any atom is 0.145 e. The summed E-state index contributed by atoms with van der Waals surface area (Å²) < 4.78 is 10.3. The first-order valence-electron chi connectivity index (χ1n) is 4.09. The second kappa shape index (κ2) is 3.56. The smallest absolute Gasteiger partial charge is 0.145 e. The summed E-state index contributed by atoms with van der Waals surface area (Å²) in [4.78, 5) is 0. The van der Waals surface area contributed by atoms with Gasteiger partial charge in [0.25, 0.3) is 0 Å². The first-order valence-corrected chi connectivity index (χ1v) is 4.09. The van der Waals surface area contributed by atoms with Crippen molar-refractivity contribution in [2.75, 3.05) is 20.0 Å². The molecule has 1 rings (SSSR count). The first kappa shape index (κ1) is 9.71. The number of anilines is 1. The Hall–Kier alpha value is -1.38. The fourth-order valence-corrected chi connectivity index (χ4v) is 1.37. The summed E-state index contributed by atoms with van der Waals surface area (Å²) in [5.41, 5.74) is 8.48.